The van der Waals surface area contributed by atoms with Crippen LogP contribution in [0.5, 0.6) is 11.5 Å². The molecule has 1 aliphatic carbocycles. The van der Waals surface area contributed by atoms with Gasteiger partial charge in [-0.2, -0.15) is 0 Å². The van der Waals surface area contributed by atoms with E-state index in [1.807, 2.05) is 12.1 Å². The van der Waals surface area contributed by atoms with Gasteiger partial charge in [0.05, 0.1) is 19.8 Å². The molecule has 0 saturated heterocycles. The van der Waals surface area contributed by atoms with Crippen molar-refractivity contribution in [2.75, 3.05) is 14.2 Å². The topological polar surface area (TPSA) is 38.7 Å². The summed E-state index contributed by atoms with van der Waals surface area (Å²) >= 11 is 3.51. The maximum absolute atomic E-state index is 11.1. The smallest absolute Gasteiger partial charge is 0.142 e. The van der Waals surface area contributed by atoms with Crippen LogP contribution >= 0.6 is 15.9 Å². The van der Waals surface area contributed by atoms with Crippen molar-refractivity contribution in [3.05, 3.63) is 22.2 Å². The van der Waals surface area contributed by atoms with Crippen molar-refractivity contribution < 1.29 is 14.6 Å². The first kappa shape index (κ1) is 15.6. The molecule has 0 spiro atoms. The third-order valence-electron chi connectivity index (χ3n) is 4.20. The normalized spacial score (nSPS) is 25.3. The summed E-state index contributed by atoms with van der Waals surface area (Å²) in [6.07, 6.45) is 3.69. The summed E-state index contributed by atoms with van der Waals surface area (Å²) in [6.45, 7) is 4.42. The summed E-state index contributed by atoms with van der Waals surface area (Å²) < 4.78 is 11.6. The van der Waals surface area contributed by atoms with Crippen molar-refractivity contribution in [2.24, 2.45) is 5.41 Å². The Morgan fingerprint density at radius 2 is 1.85 bits per heavy atom. The molecule has 1 N–H and O–H groups in total. The van der Waals surface area contributed by atoms with Crippen LogP contribution in [0.3, 0.4) is 0 Å². The molecule has 20 heavy (non-hydrogen) atoms. The van der Waals surface area contributed by atoms with E-state index in [1.54, 1.807) is 14.2 Å². The third-order valence-corrected chi connectivity index (χ3v) is 4.95. The first-order valence-corrected chi connectivity index (χ1v) is 7.76. The second-order valence-corrected chi connectivity index (χ2v) is 7.18. The van der Waals surface area contributed by atoms with Crippen LogP contribution in [-0.4, -0.2) is 19.3 Å². The Hall–Kier alpha value is -0.740. The molecule has 0 heterocycles. The lowest BCUT2D eigenvalue weighted by molar-refractivity contribution is -0.0455. The lowest BCUT2D eigenvalue weighted by Gasteiger charge is -2.42. The van der Waals surface area contributed by atoms with E-state index in [2.05, 4.69) is 29.8 Å². The standard InChI is InChI=1S/C16H23BrO3/c1-15(2)8-5-9-16(18,10-15)11-6-7-12(19-3)13(17)14(11)20-4/h6-7,18H,5,8-10H2,1-4H3. The van der Waals surface area contributed by atoms with Crippen LogP contribution < -0.4 is 9.47 Å². The van der Waals surface area contributed by atoms with Gasteiger partial charge in [0.15, 0.2) is 0 Å². The molecule has 3 nitrogen and oxygen atoms in total. The quantitative estimate of drug-likeness (QED) is 0.892. The molecule has 1 aromatic rings. The Morgan fingerprint density at radius 1 is 1.15 bits per heavy atom. The molecule has 1 unspecified atom stereocenters. The lowest BCUT2D eigenvalue weighted by Crippen LogP contribution is -2.36. The number of ether oxygens (including phenoxy) is 2. The van der Waals surface area contributed by atoms with E-state index in [1.165, 1.54) is 0 Å². The molecule has 0 bridgehead atoms. The average molecular weight is 343 g/mol. The number of hydrogen-bond acceptors (Lipinski definition) is 3. The first-order valence-electron chi connectivity index (χ1n) is 6.96. The van der Waals surface area contributed by atoms with Crippen LogP contribution in [0.4, 0.5) is 0 Å². The van der Waals surface area contributed by atoms with Crippen LogP contribution in [0.1, 0.15) is 45.1 Å². The molecule has 112 valence electrons. The van der Waals surface area contributed by atoms with E-state index in [0.29, 0.717) is 11.5 Å². The van der Waals surface area contributed by atoms with E-state index in [-0.39, 0.29) is 5.41 Å². The average Bonchev–Trinajstić information content (AvgIpc) is 2.36. The van der Waals surface area contributed by atoms with E-state index >= 15 is 0 Å². The predicted octanol–water partition coefficient (Wildman–Crippen LogP) is 4.25. The Balaban J connectivity index is 2.49. The Kier molecular flexibility index (Phi) is 4.35. The second-order valence-electron chi connectivity index (χ2n) is 6.39. The van der Waals surface area contributed by atoms with Crippen LogP contribution in [0, 0.1) is 5.41 Å². The molecular formula is C16H23BrO3. The van der Waals surface area contributed by atoms with Gasteiger partial charge in [-0.3, -0.25) is 0 Å². The monoisotopic (exact) mass is 342 g/mol. The Labute approximate surface area is 129 Å². The highest BCUT2D eigenvalue weighted by molar-refractivity contribution is 9.10. The van der Waals surface area contributed by atoms with Gasteiger partial charge in [-0.05, 0) is 59.2 Å². The molecule has 0 amide bonds. The fourth-order valence-corrected chi connectivity index (χ4v) is 3.99. The van der Waals surface area contributed by atoms with Gasteiger partial charge in [-0.25, -0.2) is 0 Å². The molecule has 0 aliphatic heterocycles. The number of halogens is 1. The number of hydrogen-bond donors (Lipinski definition) is 1. The zero-order valence-electron chi connectivity index (χ0n) is 12.6. The van der Waals surface area contributed by atoms with Gasteiger partial charge in [0.1, 0.15) is 16.0 Å². The fraction of sp³-hybridized carbons (Fsp3) is 0.625. The largest absolute Gasteiger partial charge is 0.495 e. The Bertz CT molecular complexity index is 499. The van der Waals surface area contributed by atoms with E-state index in [9.17, 15) is 5.11 Å². The van der Waals surface area contributed by atoms with Crippen molar-refractivity contribution in [3.8, 4) is 11.5 Å². The summed E-state index contributed by atoms with van der Waals surface area (Å²) in [5.41, 5.74) is 0.159. The van der Waals surface area contributed by atoms with Crippen molar-refractivity contribution in [1.82, 2.24) is 0 Å². The van der Waals surface area contributed by atoms with Crippen molar-refractivity contribution >= 4 is 15.9 Å². The predicted molar refractivity (Wildman–Crippen MR) is 83.4 cm³/mol. The summed E-state index contributed by atoms with van der Waals surface area (Å²) in [5, 5.41) is 11.1. The minimum Gasteiger partial charge on any atom is -0.495 e. The summed E-state index contributed by atoms with van der Waals surface area (Å²) in [4.78, 5) is 0. The number of benzene rings is 1. The molecule has 1 aromatic carbocycles. The third kappa shape index (κ3) is 2.82. The second kappa shape index (κ2) is 5.57. The highest BCUT2D eigenvalue weighted by Crippen LogP contribution is 2.50. The Morgan fingerprint density at radius 3 is 2.40 bits per heavy atom. The van der Waals surface area contributed by atoms with Gasteiger partial charge in [-0.1, -0.05) is 13.8 Å². The minimum absolute atomic E-state index is 0.143. The van der Waals surface area contributed by atoms with Crippen LogP contribution in [0.2, 0.25) is 0 Å². The van der Waals surface area contributed by atoms with Crippen molar-refractivity contribution in [3.63, 3.8) is 0 Å². The SMILES string of the molecule is COc1ccc(C2(O)CCCC(C)(C)C2)c(OC)c1Br. The molecule has 1 atom stereocenters. The maximum atomic E-state index is 11.1. The van der Waals surface area contributed by atoms with Crippen LogP contribution in [0.25, 0.3) is 0 Å². The molecule has 0 radical (unpaired) electrons. The van der Waals surface area contributed by atoms with E-state index < -0.39 is 5.60 Å². The van der Waals surface area contributed by atoms with Gasteiger partial charge in [-0.15, -0.1) is 0 Å². The van der Waals surface area contributed by atoms with Gasteiger partial charge in [0.25, 0.3) is 0 Å². The first-order chi connectivity index (χ1) is 9.33. The summed E-state index contributed by atoms with van der Waals surface area (Å²) in [6, 6.07) is 3.80. The minimum atomic E-state index is -0.831. The van der Waals surface area contributed by atoms with Gasteiger partial charge in [0.2, 0.25) is 0 Å². The van der Waals surface area contributed by atoms with Crippen molar-refractivity contribution in [1.29, 1.82) is 0 Å². The van der Waals surface area contributed by atoms with E-state index in [4.69, 9.17) is 9.47 Å². The molecule has 0 aromatic heterocycles. The molecule has 2 rings (SSSR count). The van der Waals surface area contributed by atoms with Gasteiger partial charge >= 0.3 is 0 Å². The van der Waals surface area contributed by atoms with Crippen LogP contribution in [-0.2, 0) is 5.60 Å². The molecular weight excluding hydrogens is 320 g/mol. The fourth-order valence-electron chi connectivity index (χ4n) is 3.32. The molecule has 1 aliphatic rings. The summed E-state index contributed by atoms with van der Waals surface area (Å²) in [5.74, 6) is 1.38. The number of methoxy groups -OCH3 is 2. The number of rotatable bonds is 3. The molecule has 1 fully saturated rings. The number of aliphatic hydroxyl groups is 1. The highest BCUT2D eigenvalue weighted by atomic mass is 79.9. The zero-order chi connectivity index (χ0) is 15.0. The highest BCUT2D eigenvalue weighted by Gasteiger charge is 2.41. The van der Waals surface area contributed by atoms with Gasteiger partial charge < -0.3 is 14.6 Å². The maximum Gasteiger partial charge on any atom is 0.142 e. The van der Waals surface area contributed by atoms with Crippen LogP contribution in [0.15, 0.2) is 16.6 Å². The molecule has 1 saturated carbocycles. The van der Waals surface area contributed by atoms with Gasteiger partial charge in [0, 0.05) is 5.56 Å². The summed E-state index contributed by atoms with van der Waals surface area (Å²) in [7, 11) is 3.25. The zero-order valence-corrected chi connectivity index (χ0v) is 14.2. The van der Waals surface area contributed by atoms with E-state index in [0.717, 1.165) is 35.7 Å². The lowest BCUT2D eigenvalue weighted by atomic mass is 9.67. The molecule has 4 heteroatoms. The van der Waals surface area contributed by atoms with Crippen molar-refractivity contribution in [2.45, 2.75) is 45.1 Å².